The molecule has 110 valence electrons. The molecule has 0 aromatic carbocycles. The van der Waals surface area contributed by atoms with Gasteiger partial charge in [0.05, 0.1) is 13.2 Å². The summed E-state index contributed by atoms with van der Waals surface area (Å²) in [6, 6.07) is 0. The Kier molecular flexibility index (Phi) is 8.83. The van der Waals surface area contributed by atoms with Gasteiger partial charge in [-0.3, -0.25) is 0 Å². The molecule has 0 heterocycles. The van der Waals surface area contributed by atoms with E-state index in [9.17, 15) is 0 Å². The molecule has 0 aromatic rings. The summed E-state index contributed by atoms with van der Waals surface area (Å²) in [4.78, 5) is 10.7. The summed E-state index contributed by atoms with van der Waals surface area (Å²) < 4.78 is 5.79. The van der Waals surface area contributed by atoms with Crippen LogP contribution in [0.5, 0.6) is 0 Å². The molecule has 0 N–H and O–H groups in total. The van der Waals surface area contributed by atoms with Gasteiger partial charge in [0, 0.05) is 5.41 Å². The molecule has 0 aliphatic rings. The normalized spacial score (nSPS) is 16.0. The van der Waals surface area contributed by atoms with Gasteiger partial charge in [-0.15, -0.1) is 0 Å². The van der Waals surface area contributed by atoms with Crippen LogP contribution in [0.4, 0.5) is 0 Å². The fourth-order valence-corrected chi connectivity index (χ4v) is 1.17. The molecule has 0 aliphatic carbocycles. The van der Waals surface area contributed by atoms with E-state index >= 15 is 0 Å². The molecule has 0 saturated heterocycles. The molecule has 2 unspecified atom stereocenters. The zero-order chi connectivity index (χ0) is 14.2. The molecule has 0 bridgehead atoms. The van der Waals surface area contributed by atoms with Crippen LogP contribution in [0.1, 0.15) is 61.3 Å². The Hall–Kier alpha value is -0.120. The van der Waals surface area contributed by atoms with Gasteiger partial charge in [0.15, 0.2) is 6.29 Å². The summed E-state index contributed by atoms with van der Waals surface area (Å²) in [5.41, 5.74) is -0.0770. The second-order valence-corrected chi connectivity index (χ2v) is 6.65. The average molecular weight is 260 g/mol. The molecule has 0 aromatic heterocycles. The molecular formula is C15H32O3. The maximum Gasteiger partial charge on any atom is 0.196 e. The molecule has 3 heteroatoms. The summed E-state index contributed by atoms with van der Waals surface area (Å²) in [5.74, 6) is 1.16. The molecular weight excluding hydrogens is 228 g/mol. The van der Waals surface area contributed by atoms with E-state index in [4.69, 9.17) is 14.5 Å². The molecule has 0 spiro atoms. The zero-order valence-corrected chi connectivity index (χ0v) is 13.3. The van der Waals surface area contributed by atoms with E-state index in [1.165, 1.54) is 0 Å². The van der Waals surface area contributed by atoms with Crippen LogP contribution in [-0.4, -0.2) is 19.5 Å². The van der Waals surface area contributed by atoms with Gasteiger partial charge in [-0.1, -0.05) is 54.9 Å². The molecule has 2 atom stereocenters. The van der Waals surface area contributed by atoms with Crippen molar-refractivity contribution in [2.24, 2.45) is 17.3 Å². The number of hydrogen-bond donors (Lipinski definition) is 0. The standard InChI is InChI=1S/C15H32O3/c1-8-13(4)11-17-18-14(15(5,6)7)16-10-9-12(2)3/h12-14H,8-11H2,1-7H3. The first-order chi connectivity index (χ1) is 8.27. The third-order valence-electron chi connectivity index (χ3n) is 2.88. The van der Waals surface area contributed by atoms with Crippen molar-refractivity contribution in [1.82, 2.24) is 0 Å². The molecule has 18 heavy (non-hydrogen) atoms. The van der Waals surface area contributed by atoms with E-state index in [2.05, 4.69) is 48.5 Å². The van der Waals surface area contributed by atoms with Crippen LogP contribution in [0.2, 0.25) is 0 Å². The van der Waals surface area contributed by atoms with Crippen molar-refractivity contribution in [2.75, 3.05) is 13.2 Å². The Bertz CT molecular complexity index is 196. The lowest BCUT2D eigenvalue weighted by molar-refractivity contribution is -0.402. The Labute approximate surface area is 113 Å². The molecule has 3 nitrogen and oxygen atoms in total. The van der Waals surface area contributed by atoms with Gasteiger partial charge in [-0.25, -0.2) is 9.78 Å². The Morgan fingerprint density at radius 1 is 1.06 bits per heavy atom. The van der Waals surface area contributed by atoms with E-state index < -0.39 is 0 Å². The van der Waals surface area contributed by atoms with E-state index in [-0.39, 0.29) is 11.7 Å². The van der Waals surface area contributed by atoms with Crippen LogP contribution < -0.4 is 0 Å². The van der Waals surface area contributed by atoms with Crippen LogP contribution in [-0.2, 0) is 14.5 Å². The van der Waals surface area contributed by atoms with Crippen molar-refractivity contribution in [3.8, 4) is 0 Å². The monoisotopic (exact) mass is 260 g/mol. The highest BCUT2D eigenvalue weighted by Gasteiger charge is 2.27. The van der Waals surface area contributed by atoms with Gasteiger partial charge in [0.1, 0.15) is 0 Å². The van der Waals surface area contributed by atoms with Gasteiger partial charge < -0.3 is 4.74 Å². The first-order valence-corrected chi connectivity index (χ1v) is 7.17. The first kappa shape index (κ1) is 17.9. The summed E-state index contributed by atoms with van der Waals surface area (Å²) >= 11 is 0. The van der Waals surface area contributed by atoms with Gasteiger partial charge in [-0.2, -0.15) is 0 Å². The van der Waals surface area contributed by atoms with Gasteiger partial charge in [0.2, 0.25) is 0 Å². The molecule has 0 aliphatic heterocycles. The fraction of sp³-hybridized carbons (Fsp3) is 1.00. The lowest BCUT2D eigenvalue weighted by Crippen LogP contribution is -2.33. The average Bonchev–Trinajstić information content (AvgIpc) is 2.24. The highest BCUT2D eigenvalue weighted by molar-refractivity contribution is 4.65. The number of hydrogen-bond acceptors (Lipinski definition) is 3. The Balaban J connectivity index is 4.01. The quantitative estimate of drug-likeness (QED) is 0.349. The van der Waals surface area contributed by atoms with Crippen molar-refractivity contribution in [3.05, 3.63) is 0 Å². The van der Waals surface area contributed by atoms with E-state index in [0.717, 1.165) is 12.8 Å². The van der Waals surface area contributed by atoms with Crippen LogP contribution in [0.3, 0.4) is 0 Å². The maximum absolute atomic E-state index is 5.79. The van der Waals surface area contributed by atoms with Crippen LogP contribution >= 0.6 is 0 Å². The third-order valence-corrected chi connectivity index (χ3v) is 2.88. The van der Waals surface area contributed by atoms with E-state index in [0.29, 0.717) is 25.0 Å². The number of rotatable bonds is 9. The van der Waals surface area contributed by atoms with E-state index in [1.807, 2.05) is 0 Å². The smallest absolute Gasteiger partial charge is 0.196 e. The largest absolute Gasteiger partial charge is 0.349 e. The first-order valence-electron chi connectivity index (χ1n) is 7.17. The van der Waals surface area contributed by atoms with E-state index in [1.54, 1.807) is 0 Å². The zero-order valence-electron chi connectivity index (χ0n) is 13.3. The van der Waals surface area contributed by atoms with Gasteiger partial charge in [-0.05, 0) is 18.3 Å². The lowest BCUT2D eigenvalue weighted by atomic mass is 9.96. The maximum atomic E-state index is 5.79. The molecule has 0 rings (SSSR count). The fourth-order valence-electron chi connectivity index (χ4n) is 1.17. The summed E-state index contributed by atoms with van der Waals surface area (Å²) in [5, 5.41) is 0. The molecule has 0 radical (unpaired) electrons. The minimum Gasteiger partial charge on any atom is -0.349 e. The lowest BCUT2D eigenvalue weighted by Gasteiger charge is -2.29. The second-order valence-electron chi connectivity index (χ2n) is 6.65. The minimum atomic E-state index is -0.305. The molecule has 0 saturated carbocycles. The molecule has 0 amide bonds. The highest BCUT2D eigenvalue weighted by atomic mass is 17.2. The summed E-state index contributed by atoms with van der Waals surface area (Å²) in [7, 11) is 0. The van der Waals surface area contributed by atoms with Crippen LogP contribution in [0, 0.1) is 17.3 Å². The number of ether oxygens (including phenoxy) is 1. The van der Waals surface area contributed by atoms with Crippen molar-refractivity contribution >= 4 is 0 Å². The van der Waals surface area contributed by atoms with Crippen LogP contribution in [0.15, 0.2) is 0 Å². The Morgan fingerprint density at radius 2 is 1.67 bits per heavy atom. The minimum absolute atomic E-state index is 0.0770. The van der Waals surface area contributed by atoms with Crippen molar-refractivity contribution < 1.29 is 14.5 Å². The Morgan fingerprint density at radius 3 is 2.11 bits per heavy atom. The predicted molar refractivity (Wildman–Crippen MR) is 75.1 cm³/mol. The van der Waals surface area contributed by atoms with Gasteiger partial charge >= 0.3 is 0 Å². The van der Waals surface area contributed by atoms with Gasteiger partial charge in [0.25, 0.3) is 0 Å². The van der Waals surface area contributed by atoms with Crippen molar-refractivity contribution in [3.63, 3.8) is 0 Å². The summed E-state index contributed by atoms with van der Waals surface area (Å²) in [6.45, 7) is 16.3. The summed E-state index contributed by atoms with van der Waals surface area (Å²) in [6.07, 6.45) is 1.83. The third kappa shape index (κ3) is 8.90. The SMILES string of the molecule is CCC(C)COOC(OCCC(C)C)C(C)(C)C. The second kappa shape index (κ2) is 8.89. The van der Waals surface area contributed by atoms with Crippen molar-refractivity contribution in [1.29, 1.82) is 0 Å². The van der Waals surface area contributed by atoms with Crippen LogP contribution in [0.25, 0.3) is 0 Å². The topological polar surface area (TPSA) is 27.7 Å². The molecule has 0 fully saturated rings. The predicted octanol–water partition coefficient (Wildman–Crippen LogP) is 4.42. The highest BCUT2D eigenvalue weighted by Crippen LogP contribution is 2.24. The van der Waals surface area contributed by atoms with Crippen molar-refractivity contribution in [2.45, 2.75) is 67.6 Å².